The van der Waals surface area contributed by atoms with E-state index in [4.69, 9.17) is 30.8 Å². The lowest BCUT2D eigenvalue weighted by atomic mass is 9.95. The number of hydrogen-bond acceptors (Lipinski definition) is 7. The van der Waals surface area contributed by atoms with E-state index in [9.17, 15) is 9.59 Å². The molecule has 0 unspecified atom stereocenters. The van der Waals surface area contributed by atoms with Crippen LogP contribution in [-0.2, 0) is 11.4 Å². The first-order valence-electron chi connectivity index (χ1n) is 15.0. The van der Waals surface area contributed by atoms with Crippen LogP contribution in [0.15, 0.2) is 118 Å². The molecule has 2 heterocycles. The number of anilines is 1. The number of nitrogens with zero attached hydrogens (tertiary/aromatic N) is 2. The summed E-state index contributed by atoms with van der Waals surface area (Å²) in [4.78, 5) is 33.2. The van der Waals surface area contributed by atoms with Crippen molar-refractivity contribution in [1.29, 1.82) is 0 Å². The number of aromatic nitrogens is 1. The van der Waals surface area contributed by atoms with E-state index in [0.29, 0.717) is 55.2 Å². The summed E-state index contributed by atoms with van der Waals surface area (Å²) in [6, 6.07) is 28.9. The fourth-order valence-electron chi connectivity index (χ4n) is 5.38. The van der Waals surface area contributed by atoms with Crippen molar-refractivity contribution in [2.45, 2.75) is 26.5 Å². The maximum atomic E-state index is 14.2. The zero-order chi connectivity index (χ0) is 32.9. The predicted molar refractivity (Wildman–Crippen MR) is 185 cm³/mol. The van der Waals surface area contributed by atoms with Crippen LogP contribution in [0.2, 0.25) is 5.02 Å². The number of para-hydroxylation sites is 1. The minimum absolute atomic E-state index is 0.268. The number of carbonyl (C=O) groups excluding carboxylic acids is 1. The van der Waals surface area contributed by atoms with E-state index < -0.39 is 6.04 Å². The lowest BCUT2D eigenvalue weighted by Gasteiger charge is -2.25. The lowest BCUT2D eigenvalue weighted by molar-refractivity contribution is -0.113. The second kappa shape index (κ2) is 14.1. The first kappa shape index (κ1) is 31.8. The Morgan fingerprint density at radius 3 is 2.53 bits per heavy atom. The SMILES string of the molecule is CCOc1cc(/C=c2\sc3n(c2=O)[C@H](c2cccc(OC)c2)C(C(=O)Nc2ccccc2)=C(C)N=3)ccc1OCc1ccccc1Cl. The molecule has 4 aromatic carbocycles. The van der Waals surface area contributed by atoms with Gasteiger partial charge in [0, 0.05) is 16.3 Å². The first-order chi connectivity index (χ1) is 22.9. The Morgan fingerprint density at radius 1 is 0.979 bits per heavy atom. The number of halogens is 1. The first-order valence-corrected chi connectivity index (χ1v) is 16.2. The number of hydrogen-bond donors (Lipinski definition) is 1. The molecular formula is C37H32ClN3O5S. The van der Waals surface area contributed by atoms with Gasteiger partial charge in [-0.05, 0) is 73.5 Å². The fraction of sp³-hybridized carbons (Fsp3) is 0.162. The third-order valence-electron chi connectivity index (χ3n) is 7.61. The molecule has 0 fully saturated rings. The predicted octanol–water partition coefficient (Wildman–Crippen LogP) is 6.51. The van der Waals surface area contributed by atoms with Gasteiger partial charge < -0.3 is 19.5 Å². The van der Waals surface area contributed by atoms with Crippen LogP contribution >= 0.6 is 22.9 Å². The molecule has 1 N–H and O–H groups in total. The van der Waals surface area contributed by atoms with Crippen molar-refractivity contribution in [3.8, 4) is 17.2 Å². The van der Waals surface area contributed by atoms with Crippen LogP contribution < -0.4 is 34.4 Å². The number of rotatable bonds is 10. The molecule has 6 rings (SSSR count). The van der Waals surface area contributed by atoms with E-state index in [1.54, 1.807) is 24.7 Å². The van der Waals surface area contributed by atoms with Crippen LogP contribution in [0, 0.1) is 0 Å². The van der Waals surface area contributed by atoms with Crippen molar-refractivity contribution in [3.63, 3.8) is 0 Å². The Bertz CT molecular complexity index is 2160. The number of methoxy groups -OCH3 is 1. The van der Waals surface area contributed by atoms with Crippen molar-refractivity contribution in [2.75, 3.05) is 19.0 Å². The molecule has 5 aromatic rings. The van der Waals surface area contributed by atoms with E-state index >= 15 is 0 Å². The number of benzene rings is 4. The average Bonchev–Trinajstić information content (AvgIpc) is 3.38. The molecule has 0 saturated carbocycles. The number of fused-ring (bicyclic) bond motifs is 1. The zero-order valence-corrected chi connectivity index (χ0v) is 27.6. The molecule has 1 aromatic heterocycles. The third kappa shape index (κ3) is 6.86. The van der Waals surface area contributed by atoms with Crippen LogP contribution in [0.1, 0.15) is 36.6 Å². The van der Waals surface area contributed by atoms with Gasteiger partial charge in [-0.1, -0.05) is 77.5 Å². The summed E-state index contributed by atoms with van der Waals surface area (Å²) >= 11 is 7.58. The number of carbonyl (C=O) groups is 1. The Hall–Kier alpha value is -5.12. The highest BCUT2D eigenvalue weighted by Gasteiger charge is 2.32. The van der Waals surface area contributed by atoms with Crippen molar-refractivity contribution in [1.82, 2.24) is 4.57 Å². The highest BCUT2D eigenvalue weighted by atomic mass is 35.5. The molecule has 1 aliphatic rings. The van der Waals surface area contributed by atoms with Crippen LogP contribution in [0.25, 0.3) is 6.08 Å². The molecule has 0 radical (unpaired) electrons. The Kier molecular flexibility index (Phi) is 9.56. The topological polar surface area (TPSA) is 91.2 Å². The van der Waals surface area contributed by atoms with Crippen molar-refractivity contribution < 1.29 is 19.0 Å². The molecule has 10 heteroatoms. The summed E-state index contributed by atoms with van der Waals surface area (Å²) in [6.07, 6.45) is 1.80. The van der Waals surface area contributed by atoms with Crippen LogP contribution in [0.3, 0.4) is 0 Å². The van der Waals surface area contributed by atoms with E-state index in [2.05, 4.69) is 5.32 Å². The van der Waals surface area contributed by atoms with E-state index in [0.717, 1.165) is 16.7 Å². The average molecular weight is 666 g/mol. The zero-order valence-electron chi connectivity index (χ0n) is 26.0. The van der Waals surface area contributed by atoms with Gasteiger partial charge in [0.1, 0.15) is 12.4 Å². The minimum atomic E-state index is -0.730. The van der Waals surface area contributed by atoms with Crippen LogP contribution in [0.5, 0.6) is 17.2 Å². The van der Waals surface area contributed by atoms with Crippen molar-refractivity contribution in [2.24, 2.45) is 4.99 Å². The Balaban J connectivity index is 1.40. The highest BCUT2D eigenvalue weighted by Crippen LogP contribution is 2.33. The lowest BCUT2D eigenvalue weighted by Crippen LogP contribution is -2.40. The minimum Gasteiger partial charge on any atom is -0.497 e. The number of thiazole rings is 1. The Morgan fingerprint density at radius 2 is 1.77 bits per heavy atom. The molecule has 0 bridgehead atoms. The van der Waals surface area contributed by atoms with E-state index in [1.807, 2.05) is 104 Å². The molecule has 47 heavy (non-hydrogen) atoms. The number of nitrogens with one attached hydrogen (secondary N) is 1. The second-order valence-electron chi connectivity index (χ2n) is 10.7. The molecule has 8 nitrogen and oxygen atoms in total. The van der Waals surface area contributed by atoms with Crippen LogP contribution in [0.4, 0.5) is 5.69 Å². The van der Waals surface area contributed by atoms with Gasteiger partial charge in [0.05, 0.1) is 35.6 Å². The molecule has 0 aliphatic carbocycles. The largest absolute Gasteiger partial charge is 0.497 e. The quantitative estimate of drug-likeness (QED) is 0.184. The summed E-state index contributed by atoms with van der Waals surface area (Å²) in [5.74, 6) is 1.38. The Labute approximate surface area is 280 Å². The smallest absolute Gasteiger partial charge is 0.271 e. The molecule has 238 valence electrons. The van der Waals surface area contributed by atoms with Gasteiger partial charge in [-0.15, -0.1) is 0 Å². The van der Waals surface area contributed by atoms with Crippen molar-refractivity contribution >= 4 is 40.6 Å². The summed E-state index contributed by atoms with van der Waals surface area (Å²) < 4.78 is 19.5. The fourth-order valence-corrected chi connectivity index (χ4v) is 6.62. The van der Waals surface area contributed by atoms with Crippen LogP contribution in [-0.4, -0.2) is 24.2 Å². The van der Waals surface area contributed by atoms with Crippen molar-refractivity contribution in [3.05, 3.63) is 150 Å². The molecule has 0 spiro atoms. The normalized spacial score (nSPS) is 14.3. The van der Waals surface area contributed by atoms with Gasteiger partial charge in [0.15, 0.2) is 16.3 Å². The monoisotopic (exact) mass is 665 g/mol. The summed E-state index contributed by atoms with van der Waals surface area (Å²) in [6.45, 7) is 4.40. The van der Waals surface area contributed by atoms with Gasteiger partial charge in [-0.25, -0.2) is 4.99 Å². The standard InChI is InChI=1S/C37H32ClN3O5S/c1-4-45-31-19-24(17-18-30(31)46-22-26-11-8-9-16-29(26)38)20-32-36(43)41-34(25-12-10-15-28(21-25)44-3)33(23(2)39-37(41)47-32)35(42)40-27-13-6-5-7-14-27/h5-21,34H,4,22H2,1-3H3,(H,40,42)/b32-20-/t34-/m1/s1. The van der Waals surface area contributed by atoms with Gasteiger partial charge in [-0.3, -0.25) is 14.2 Å². The third-order valence-corrected chi connectivity index (χ3v) is 8.97. The second-order valence-corrected chi connectivity index (χ2v) is 12.1. The summed E-state index contributed by atoms with van der Waals surface area (Å²) in [5, 5.41) is 3.60. The molecule has 1 amide bonds. The number of amides is 1. The van der Waals surface area contributed by atoms with E-state index in [1.165, 1.54) is 11.3 Å². The molecular weight excluding hydrogens is 634 g/mol. The number of ether oxygens (including phenoxy) is 3. The maximum absolute atomic E-state index is 14.2. The number of allylic oxidation sites excluding steroid dienone is 1. The molecule has 0 saturated heterocycles. The van der Waals surface area contributed by atoms with Gasteiger partial charge in [0.25, 0.3) is 11.5 Å². The summed E-state index contributed by atoms with van der Waals surface area (Å²) in [7, 11) is 1.58. The van der Waals surface area contributed by atoms with Gasteiger partial charge in [-0.2, -0.15) is 0 Å². The molecule has 1 atom stereocenters. The van der Waals surface area contributed by atoms with E-state index in [-0.39, 0.29) is 18.1 Å². The van der Waals surface area contributed by atoms with Gasteiger partial charge >= 0.3 is 0 Å². The van der Waals surface area contributed by atoms with Gasteiger partial charge in [0.2, 0.25) is 0 Å². The summed E-state index contributed by atoms with van der Waals surface area (Å²) in [5.41, 5.74) is 3.61. The maximum Gasteiger partial charge on any atom is 0.271 e. The highest BCUT2D eigenvalue weighted by molar-refractivity contribution is 7.07. The molecule has 1 aliphatic heterocycles.